The van der Waals surface area contributed by atoms with Crippen molar-refractivity contribution in [2.45, 2.75) is 5.75 Å². The average Bonchev–Trinajstić information content (AvgIpc) is 2.44. The van der Waals surface area contributed by atoms with Crippen LogP contribution in [0.4, 0.5) is 4.39 Å². The summed E-state index contributed by atoms with van der Waals surface area (Å²) in [5.41, 5.74) is 3.66. The van der Waals surface area contributed by atoms with Crippen LogP contribution < -0.4 is 5.84 Å². The third kappa shape index (κ3) is 3.35. The molecule has 0 amide bonds. The molecule has 19 heavy (non-hydrogen) atoms. The molecule has 0 atom stereocenters. The Morgan fingerprint density at radius 3 is 2.05 bits per heavy atom. The monoisotopic (exact) mass is 274 g/mol. The minimum Gasteiger partial charge on any atom is -0.323 e. The average molecular weight is 274 g/mol. The van der Waals surface area contributed by atoms with E-state index in [0.717, 1.165) is 16.9 Å². The third-order valence-corrected chi connectivity index (χ3v) is 3.41. The summed E-state index contributed by atoms with van der Waals surface area (Å²) in [6.07, 6.45) is 2.07. The van der Waals surface area contributed by atoms with Crippen LogP contribution in [0.5, 0.6) is 0 Å². The van der Waals surface area contributed by atoms with Crippen molar-refractivity contribution in [1.29, 1.82) is 0 Å². The van der Waals surface area contributed by atoms with Crippen LogP contribution >= 0.6 is 11.8 Å². The predicted octanol–water partition coefficient (Wildman–Crippen LogP) is 3.40. The van der Waals surface area contributed by atoms with Gasteiger partial charge in [-0.25, -0.2) is 4.39 Å². The highest BCUT2D eigenvalue weighted by Crippen LogP contribution is 2.15. The molecule has 2 N–H and O–H groups in total. The fourth-order valence-corrected chi connectivity index (χ4v) is 2.37. The maximum atomic E-state index is 12.9. The molecule has 0 saturated carbocycles. The predicted molar refractivity (Wildman–Crippen MR) is 79.9 cm³/mol. The van der Waals surface area contributed by atoms with Crippen molar-refractivity contribution in [1.82, 2.24) is 0 Å². The second-order valence-corrected chi connectivity index (χ2v) is 4.98. The lowest BCUT2D eigenvalue weighted by molar-refractivity contribution is 0.628. The smallest absolute Gasteiger partial charge is 0.123 e. The summed E-state index contributed by atoms with van der Waals surface area (Å²) in [4.78, 5) is 0. The van der Waals surface area contributed by atoms with Crippen LogP contribution in [0.1, 0.15) is 16.7 Å². The van der Waals surface area contributed by atoms with Crippen molar-refractivity contribution < 1.29 is 4.39 Å². The summed E-state index contributed by atoms with van der Waals surface area (Å²) in [5.74, 6) is 6.17. The molecule has 0 aliphatic carbocycles. The second-order valence-electron chi connectivity index (χ2n) is 4.11. The van der Waals surface area contributed by atoms with E-state index in [1.807, 2.05) is 12.1 Å². The lowest BCUT2D eigenvalue weighted by Gasteiger charge is -2.07. The van der Waals surface area contributed by atoms with E-state index in [0.29, 0.717) is 5.71 Å². The Kier molecular flexibility index (Phi) is 4.58. The van der Waals surface area contributed by atoms with Gasteiger partial charge in [0.1, 0.15) is 5.82 Å². The van der Waals surface area contributed by atoms with Gasteiger partial charge in [0.15, 0.2) is 0 Å². The van der Waals surface area contributed by atoms with Gasteiger partial charge in [0.2, 0.25) is 0 Å². The number of hydrazone groups is 1. The summed E-state index contributed by atoms with van der Waals surface area (Å²) < 4.78 is 12.9. The molecule has 2 aromatic carbocycles. The van der Waals surface area contributed by atoms with Gasteiger partial charge in [-0.3, -0.25) is 0 Å². The normalized spacial score (nSPS) is 11.6. The first-order valence-electron chi connectivity index (χ1n) is 5.86. The molecule has 2 nitrogen and oxygen atoms in total. The first-order valence-corrected chi connectivity index (χ1v) is 7.26. The highest BCUT2D eigenvalue weighted by atomic mass is 32.2. The van der Waals surface area contributed by atoms with Crippen LogP contribution in [0.3, 0.4) is 0 Å². The van der Waals surface area contributed by atoms with Gasteiger partial charge in [-0.05, 0) is 36.1 Å². The van der Waals surface area contributed by atoms with Gasteiger partial charge in [-0.15, -0.1) is 0 Å². The highest BCUT2D eigenvalue weighted by Gasteiger charge is 2.07. The molecule has 0 bridgehead atoms. The molecule has 0 aliphatic heterocycles. The Bertz CT molecular complexity index is 562. The molecule has 0 aliphatic rings. The van der Waals surface area contributed by atoms with Crippen molar-refractivity contribution in [3.05, 3.63) is 71.0 Å². The van der Waals surface area contributed by atoms with Gasteiger partial charge in [0.05, 0.1) is 5.71 Å². The van der Waals surface area contributed by atoms with Crippen LogP contribution in [0.15, 0.2) is 53.6 Å². The zero-order valence-electron chi connectivity index (χ0n) is 10.6. The van der Waals surface area contributed by atoms with Crippen LogP contribution in [0, 0.1) is 5.82 Å². The molecular formula is C15H15FN2S. The largest absolute Gasteiger partial charge is 0.323 e. The molecule has 0 radical (unpaired) electrons. The fourth-order valence-electron chi connectivity index (χ4n) is 1.85. The summed E-state index contributed by atoms with van der Waals surface area (Å²) in [7, 11) is 0. The number of halogens is 1. The first kappa shape index (κ1) is 13.6. The van der Waals surface area contributed by atoms with Crippen molar-refractivity contribution in [2.24, 2.45) is 10.9 Å². The molecule has 0 aromatic heterocycles. The second kappa shape index (κ2) is 6.38. The topological polar surface area (TPSA) is 38.4 Å². The molecule has 0 spiro atoms. The number of rotatable bonds is 4. The van der Waals surface area contributed by atoms with Crippen molar-refractivity contribution in [3.63, 3.8) is 0 Å². The molecule has 4 heteroatoms. The van der Waals surface area contributed by atoms with Gasteiger partial charge in [-0.2, -0.15) is 16.9 Å². The van der Waals surface area contributed by atoms with E-state index in [9.17, 15) is 4.39 Å². The SMILES string of the molecule is CSCc1ccc(C(=NN)c2ccc(F)cc2)cc1. The molecule has 2 aromatic rings. The van der Waals surface area contributed by atoms with Gasteiger partial charge in [0.25, 0.3) is 0 Å². The Labute approximate surface area is 116 Å². The molecule has 0 unspecified atom stereocenters. The van der Waals surface area contributed by atoms with E-state index in [4.69, 9.17) is 5.84 Å². The number of nitrogens with zero attached hydrogens (tertiary/aromatic N) is 1. The number of benzene rings is 2. The summed E-state index contributed by atoms with van der Waals surface area (Å²) in [6, 6.07) is 14.3. The van der Waals surface area contributed by atoms with E-state index in [2.05, 4.69) is 23.5 Å². The van der Waals surface area contributed by atoms with Crippen LogP contribution in [0.2, 0.25) is 0 Å². The fraction of sp³-hybridized carbons (Fsp3) is 0.133. The zero-order valence-corrected chi connectivity index (χ0v) is 11.5. The Balaban J connectivity index is 2.29. The minimum atomic E-state index is -0.268. The number of thioether (sulfide) groups is 1. The quantitative estimate of drug-likeness (QED) is 0.527. The number of hydrogen-bond acceptors (Lipinski definition) is 3. The van der Waals surface area contributed by atoms with Crippen molar-refractivity contribution >= 4 is 17.5 Å². The maximum absolute atomic E-state index is 12.9. The first-order chi connectivity index (χ1) is 9.24. The molecular weight excluding hydrogens is 259 g/mol. The lowest BCUT2D eigenvalue weighted by atomic mass is 10.0. The summed E-state index contributed by atoms with van der Waals surface area (Å²) >= 11 is 1.78. The highest BCUT2D eigenvalue weighted by molar-refractivity contribution is 7.97. The van der Waals surface area contributed by atoms with E-state index in [1.54, 1.807) is 23.9 Å². The van der Waals surface area contributed by atoms with Crippen LogP contribution in [-0.4, -0.2) is 12.0 Å². The molecule has 98 valence electrons. The van der Waals surface area contributed by atoms with E-state index < -0.39 is 0 Å². The standard InChI is InChI=1S/C15H15FN2S/c1-19-10-11-2-4-12(5-3-11)15(18-17)13-6-8-14(16)9-7-13/h2-9H,10,17H2,1H3. The zero-order chi connectivity index (χ0) is 13.7. The molecule has 0 fully saturated rings. The maximum Gasteiger partial charge on any atom is 0.123 e. The van der Waals surface area contributed by atoms with E-state index in [1.165, 1.54) is 17.7 Å². The van der Waals surface area contributed by atoms with Crippen LogP contribution in [0.25, 0.3) is 0 Å². The molecule has 0 saturated heterocycles. The summed E-state index contributed by atoms with van der Waals surface area (Å²) in [6.45, 7) is 0. The van der Waals surface area contributed by atoms with E-state index >= 15 is 0 Å². The third-order valence-electron chi connectivity index (χ3n) is 2.79. The lowest BCUT2D eigenvalue weighted by Crippen LogP contribution is -2.06. The number of hydrogen-bond donors (Lipinski definition) is 1. The van der Waals surface area contributed by atoms with Gasteiger partial charge >= 0.3 is 0 Å². The Morgan fingerprint density at radius 2 is 1.58 bits per heavy atom. The molecule has 2 rings (SSSR count). The van der Waals surface area contributed by atoms with Crippen LogP contribution in [-0.2, 0) is 5.75 Å². The number of nitrogens with two attached hydrogens (primary N) is 1. The molecule has 0 heterocycles. The Hall–Kier alpha value is -1.81. The van der Waals surface area contributed by atoms with Gasteiger partial charge in [-0.1, -0.05) is 24.3 Å². The van der Waals surface area contributed by atoms with Gasteiger partial charge < -0.3 is 5.84 Å². The van der Waals surface area contributed by atoms with Crippen molar-refractivity contribution in [2.75, 3.05) is 6.26 Å². The van der Waals surface area contributed by atoms with E-state index in [-0.39, 0.29) is 5.82 Å². The Morgan fingerprint density at radius 1 is 1.05 bits per heavy atom. The van der Waals surface area contributed by atoms with Crippen molar-refractivity contribution in [3.8, 4) is 0 Å². The summed E-state index contributed by atoms with van der Waals surface area (Å²) in [5, 5.41) is 3.82. The van der Waals surface area contributed by atoms with Gasteiger partial charge in [0, 0.05) is 16.9 Å². The minimum absolute atomic E-state index is 0.268.